The second-order valence-corrected chi connectivity index (χ2v) is 3.53. The van der Waals surface area contributed by atoms with Gasteiger partial charge in [-0.3, -0.25) is 10.1 Å². The van der Waals surface area contributed by atoms with Crippen LogP contribution in [0.3, 0.4) is 0 Å². The number of nitro benzene ring substituents is 1. The number of nitrogens with zero attached hydrogens (tertiary/aromatic N) is 1. The molecular formula is C10H10BrNO2. The third kappa shape index (κ3) is 2.01. The largest absolute Gasteiger partial charge is 0.279 e. The molecule has 0 aliphatic rings. The smallest absolute Gasteiger partial charge is 0.258 e. The summed E-state index contributed by atoms with van der Waals surface area (Å²) >= 11 is 3.24. The SMILES string of the molecule is C=C(CBr)c1cccc(C)c1[N+](=O)[O-]. The van der Waals surface area contributed by atoms with Gasteiger partial charge in [0.2, 0.25) is 0 Å². The van der Waals surface area contributed by atoms with Gasteiger partial charge in [-0.25, -0.2) is 0 Å². The second-order valence-electron chi connectivity index (χ2n) is 2.97. The maximum absolute atomic E-state index is 10.8. The highest BCUT2D eigenvalue weighted by Gasteiger charge is 2.17. The molecule has 0 spiro atoms. The number of alkyl halides is 1. The molecule has 0 saturated heterocycles. The van der Waals surface area contributed by atoms with Crippen LogP contribution in [0, 0.1) is 17.0 Å². The maximum atomic E-state index is 10.8. The summed E-state index contributed by atoms with van der Waals surface area (Å²) in [5, 5.41) is 11.4. The number of nitro groups is 1. The lowest BCUT2D eigenvalue weighted by atomic mass is 10.0. The number of allylic oxidation sites excluding steroid dienone is 1. The van der Waals surface area contributed by atoms with E-state index in [1.807, 2.05) is 0 Å². The molecule has 0 aromatic heterocycles. The van der Waals surface area contributed by atoms with Crippen molar-refractivity contribution in [1.29, 1.82) is 0 Å². The average Bonchev–Trinajstić information content (AvgIpc) is 2.15. The normalized spacial score (nSPS) is 9.86. The molecule has 74 valence electrons. The summed E-state index contributed by atoms with van der Waals surface area (Å²) in [4.78, 5) is 10.4. The van der Waals surface area contributed by atoms with Gasteiger partial charge in [-0.05, 0) is 18.6 Å². The molecule has 0 aliphatic heterocycles. The zero-order valence-electron chi connectivity index (χ0n) is 7.79. The first-order valence-corrected chi connectivity index (χ1v) is 5.18. The van der Waals surface area contributed by atoms with Crippen LogP contribution < -0.4 is 0 Å². The van der Waals surface area contributed by atoms with E-state index in [4.69, 9.17) is 0 Å². The van der Waals surface area contributed by atoms with Gasteiger partial charge in [0.05, 0.1) is 10.5 Å². The van der Waals surface area contributed by atoms with Crippen LogP contribution >= 0.6 is 15.9 Å². The molecule has 0 bridgehead atoms. The van der Waals surface area contributed by atoms with E-state index in [9.17, 15) is 10.1 Å². The van der Waals surface area contributed by atoms with Crippen LogP contribution in [0.5, 0.6) is 0 Å². The monoisotopic (exact) mass is 255 g/mol. The topological polar surface area (TPSA) is 43.1 Å². The molecule has 0 heterocycles. The predicted molar refractivity (Wildman–Crippen MR) is 60.7 cm³/mol. The standard InChI is InChI=1S/C10H10BrNO2/c1-7-4-3-5-9(8(2)6-11)10(7)12(13)14/h3-5H,2,6H2,1H3. The zero-order valence-corrected chi connectivity index (χ0v) is 9.37. The molecule has 0 N–H and O–H groups in total. The summed E-state index contributed by atoms with van der Waals surface area (Å²) in [7, 11) is 0. The third-order valence-electron chi connectivity index (χ3n) is 1.96. The summed E-state index contributed by atoms with van der Waals surface area (Å²) in [6.07, 6.45) is 0. The molecule has 0 aliphatic carbocycles. The van der Waals surface area contributed by atoms with Crippen molar-refractivity contribution in [1.82, 2.24) is 0 Å². The van der Waals surface area contributed by atoms with E-state index < -0.39 is 0 Å². The van der Waals surface area contributed by atoms with Crippen LogP contribution in [0.4, 0.5) is 5.69 Å². The summed E-state index contributed by atoms with van der Waals surface area (Å²) in [6, 6.07) is 5.24. The average molecular weight is 256 g/mol. The second kappa shape index (κ2) is 4.37. The highest BCUT2D eigenvalue weighted by atomic mass is 79.9. The third-order valence-corrected chi connectivity index (χ3v) is 2.64. The van der Waals surface area contributed by atoms with Crippen LogP contribution in [-0.4, -0.2) is 10.3 Å². The van der Waals surface area contributed by atoms with Crippen LogP contribution in [-0.2, 0) is 0 Å². The zero-order chi connectivity index (χ0) is 10.7. The van der Waals surface area contributed by atoms with Crippen molar-refractivity contribution in [3.05, 3.63) is 46.0 Å². The van der Waals surface area contributed by atoms with Gasteiger partial charge < -0.3 is 0 Å². The van der Waals surface area contributed by atoms with E-state index in [0.717, 1.165) is 5.57 Å². The Morgan fingerprint density at radius 2 is 2.29 bits per heavy atom. The Hall–Kier alpha value is -1.16. The highest BCUT2D eigenvalue weighted by molar-refractivity contribution is 9.09. The molecule has 3 nitrogen and oxygen atoms in total. The summed E-state index contributed by atoms with van der Waals surface area (Å²) < 4.78 is 0. The molecule has 4 heteroatoms. The van der Waals surface area contributed by atoms with E-state index in [1.54, 1.807) is 25.1 Å². The first-order chi connectivity index (χ1) is 6.57. The summed E-state index contributed by atoms with van der Waals surface area (Å²) in [5.74, 6) is 0. The first kappa shape index (κ1) is 10.9. The Balaban J connectivity index is 3.35. The Labute approximate surface area is 90.7 Å². The maximum Gasteiger partial charge on any atom is 0.279 e. The van der Waals surface area contributed by atoms with Gasteiger partial charge in [-0.1, -0.05) is 34.6 Å². The highest BCUT2D eigenvalue weighted by Crippen LogP contribution is 2.28. The van der Waals surface area contributed by atoms with E-state index in [0.29, 0.717) is 16.5 Å². The number of benzene rings is 1. The minimum absolute atomic E-state index is 0.150. The minimum atomic E-state index is -0.363. The van der Waals surface area contributed by atoms with Gasteiger partial charge in [-0.15, -0.1) is 0 Å². The summed E-state index contributed by atoms with van der Waals surface area (Å²) in [6.45, 7) is 5.50. The van der Waals surface area contributed by atoms with Crippen molar-refractivity contribution in [2.24, 2.45) is 0 Å². The molecule has 0 amide bonds. The molecular weight excluding hydrogens is 246 g/mol. The number of halogens is 1. The summed E-state index contributed by atoms with van der Waals surface area (Å²) in [5.41, 5.74) is 2.14. The number of para-hydroxylation sites is 1. The van der Waals surface area contributed by atoms with Crippen LogP contribution in [0.15, 0.2) is 24.8 Å². The fourth-order valence-electron chi connectivity index (χ4n) is 1.26. The molecule has 1 rings (SSSR count). The Bertz CT molecular complexity index is 388. The number of hydrogen-bond acceptors (Lipinski definition) is 2. The lowest BCUT2D eigenvalue weighted by molar-refractivity contribution is -0.385. The van der Waals surface area contributed by atoms with Gasteiger partial charge in [-0.2, -0.15) is 0 Å². The van der Waals surface area contributed by atoms with Gasteiger partial charge in [0, 0.05) is 10.9 Å². The molecule has 0 fully saturated rings. The van der Waals surface area contributed by atoms with E-state index in [1.165, 1.54) is 0 Å². The van der Waals surface area contributed by atoms with Gasteiger partial charge in [0.25, 0.3) is 5.69 Å². The van der Waals surface area contributed by atoms with Crippen LogP contribution in [0.1, 0.15) is 11.1 Å². The van der Waals surface area contributed by atoms with Crippen molar-refractivity contribution in [2.75, 3.05) is 5.33 Å². The lowest BCUT2D eigenvalue weighted by Gasteiger charge is -2.05. The quantitative estimate of drug-likeness (QED) is 0.473. The fraction of sp³-hybridized carbons (Fsp3) is 0.200. The fourth-order valence-corrected chi connectivity index (χ4v) is 1.56. The lowest BCUT2D eigenvalue weighted by Crippen LogP contribution is -1.97. The van der Waals surface area contributed by atoms with Gasteiger partial charge >= 0.3 is 0 Å². The molecule has 0 atom stereocenters. The van der Waals surface area contributed by atoms with Crippen molar-refractivity contribution in [3.63, 3.8) is 0 Å². The Kier molecular flexibility index (Phi) is 3.41. The van der Waals surface area contributed by atoms with Crippen molar-refractivity contribution >= 4 is 27.2 Å². The molecule has 1 aromatic carbocycles. The van der Waals surface area contributed by atoms with Gasteiger partial charge in [0.15, 0.2) is 0 Å². The van der Waals surface area contributed by atoms with Crippen molar-refractivity contribution in [2.45, 2.75) is 6.92 Å². The predicted octanol–water partition coefficient (Wildman–Crippen LogP) is 3.31. The van der Waals surface area contributed by atoms with Crippen LogP contribution in [0.25, 0.3) is 5.57 Å². The minimum Gasteiger partial charge on any atom is -0.258 e. The Morgan fingerprint density at radius 1 is 1.64 bits per heavy atom. The first-order valence-electron chi connectivity index (χ1n) is 4.06. The molecule has 0 saturated carbocycles. The van der Waals surface area contributed by atoms with E-state index >= 15 is 0 Å². The Morgan fingerprint density at radius 3 is 2.79 bits per heavy atom. The van der Waals surface area contributed by atoms with Crippen LogP contribution in [0.2, 0.25) is 0 Å². The molecule has 1 aromatic rings. The molecule has 0 unspecified atom stereocenters. The van der Waals surface area contributed by atoms with E-state index in [2.05, 4.69) is 22.5 Å². The number of aryl methyl sites for hydroxylation is 1. The molecule has 14 heavy (non-hydrogen) atoms. The van der Waals surface area contributed by atoms with Gasteiger partial charge in [0.1, 0.15) is 0 Å². The molecule has 0 radical (unpaired) electrons. The van der Waals surface area contributed by atoms with E-state index in [-0.39, 0.29) is 10.6 Å². The number of hydrogen-bond donors (Lipinski definition) is 0. The van der Waals surface area contributed by atoms with Crippen molar-refractivity contribution in [3.8, 4) is 0 Å². The number of rotatable bonds is 3. The van der Waals surface area contributed by atoms with Crippen molar-refractivity contribution < 1.29 is 4.92 Å².